The van der Waals surface area contributed by atoms with Crippen LogP contribution in [0.3, 0.4) is 0 Å². The van der Waals surface area contributed by atoms with Crippen LogP contribution in [-0.4, -0.2) is 17.3 Å². The van der Waals surface area contributed by atoms with Crippen molar-refractivity contribution in [2.75, 3.05) is 11.9 Å². The number of halogens is 1. The van der Waals surface area contributed by atoms with Crippen LogP contribution in [0.1, 0.15) is 12.5 Å². The fourth-order valence-corrected chi connectivity index (χ4v) is 1.83. The molecule has 2 N–H and O–H groups in total. The normalized spacial score (nSPS) is 26.4. The van der Waals surface area contributed by atoms with E-state index in [-0.39, 0.29) is 0 Å². The molecule has 0 saturated carbocycles. The molecular formula is C10H12ClNO. The molecule has 0 saturated heterocycles. The van der Waals surface area contributed by atoms with Crippen molar-refractivity contribution in [2.24, 2.45) is 0 Å². The molecule has 0 amide bonds. The van der Waals surface area contributed by atoms with Crippen LogP contribution in [0.4, 0.5) is 5.69 Å². The molecule has 1 unspecified atom stereocenters. The quantitative estimate of drug-likeness (QED) is 0.668. The molecule has 2 rings (SSSR count). The molecule has 1 atom stereocenters. The Bertz CT molecular complexity index is 336. The van der Waals surface area contributed by atoms with Gasteiger partial charge in [-0.25, -0.2) is 0 Å². The van der Waals surface area contributed by atoms with Crippen molar-refractivity contribution < 1.29 is 5.11 Å². The molecule has 0 radical (unpaired) electrons. The second-order valence-electron chi connectivity index (χ2n) is 3.83. The Morgan fingerprint density at radius 3 is 3.08 bits per heavy atom. The fourth-order valence-electron chi connectivity index (χ4n) is 1.64. The van der Waals surface area contributed by atoms with Gasteiger partial charge < -0.3 is 10.4 Å². The number of benzene rings is 1. The van der Waals surface area contributed by atoms with Crippen molar-refractivity contribution in [1.82, 2.24) is 0 Å². The van der Waals surface area contributed by atoms with Gasteiger partial charge >= 0.3 is 0 Å². The summed E-state index contributed by atoms with van der Waals surface area (Å²) < 4.78 is 0. The van der Waals surface area contributed by atoms with Crippen LogP contribution in [-0.2, 0) is 6.42 Å². The van der Waals surface area contributed by atoms with E-state index < -0.39 is 5.60 Å². The van der Waals surface area contributed by atoms with E-state index in [9.17, 15) is 5.11 Å². The topological polar surface area (TPSA) is 32.3 Å². The van der Waals surface area contributed by atoms with Gasteiger partial charge in [-0.3, -0.25) is 0 Å². The molecule has 0 bridgehead atoms. The number of rotatable bonds is 0. The van der Waals surface area contributed by atoms with E-state index in [4.69, 9.17) is 11.6 Å². The molecule has 1 heterocycles. The Labute approximate surface area is 82.5 Å². The average molecular weight is 198 g/mol. The second-order valence-corrected chi connectivity index (χ2v) is 4.27. The van der Waals surface area contributed by atoms with E-state index in [0.29, 0.717) is 13.0 Å². The lowest BCUT2D eigenvalue weighted by Crippen LogP contribution is -2.39. The smallest absolute Gasteiger partial charge is 0.0832 e. The monoisotopic (exact) mass is 197 g/mol. The summed E-state index contributed by atoms with van der Waals surface area (Å²) in [6, 6.07) is 5.71. The van der Waals surface area contributed by atoms with E-state index in [1.54, 1.807) is 0 Å². The third kappa shape index (κ3) is 1.79. The Morgan fingerprint density at radius 1 is 1.54 bits per heavy atom. The van der Waals surface area contributed by atoms with Crippen LogP contribution in [0.15, 0.2) is 18.2 Å². The van der Waals surface area contributed by atoms with Gasteiger partial charge in [0, 0.05) is 23.7 Å². The van der Waals surface area contributed by atoms with Crippen LogP contribution in [0.2, 0.25) is 5.02 Å². The van der Waals surface area contributed by atoms with Crippen LogP contribution >= 0.6 is 11.6 Å². The minimum Gasteiger partial charge on any atom is -0.388 e. The number of aliphatic hydroxyl groups is 1. The maximum Gasteiger partial charge on any atom is 0.0832 e. The van der Waals surface area contributed by atoms with Crippen LogP contribution in [0, 0.1) is 0 Å². The first kappa shape index (κ1) is 8.85. The lowest BCUT2D eigenvalue weighted by molar-refractivity contribution is 0.0710. The zero-order valence-corrected chi connectivity index (χ0v) is 8.23. The molecule has 2 nitrogen and oxygen atoms in total. The summed E-state index contributed by atoms with van der Waals surface area (Å²) in [6.45, 7) is 2.42. The number of nitrogens with one attached hydrogen (secondary N) is 1. The largest absolute Gasteiger partial charge is 0.388 e. The van der Waals surface area contributed by atoms with Gasteiger partial charge in [-0.05, 0) is 30.7 Å². The van der Waals surface area contributed by atoms with Crippen LogP contribution in [0.25, 0.3) is 0 Å². The number of fused-ring (bicyclic) bond motifs is 1. The second kappa shape index (κ2) is 2.89. The van der Waals surface area contributed by atoms with Crippen LogP contribution < -0.4 is 5.32 Å². The number of β-amino-alcohol motifs (C(OH)–C–C–N with tert-alkyl or cyclic N) is 1. The minimum absolute atomic E-state index is 0.599. The molecule has 0 aromatic heterocycles. The lowest BCUT2D eigenvalue weighted by Gasteiger charge is -2.31. The van der Waals surface area contributed by atoms with Gasteiger partial charge in [-0.15, -0.1) is 0 Å². The number of hydrogen-bond donors (Lipinski definition) is 2. The first-order valence-electron chi connectivity index (χ1n) is 4.31. The minimum atomic E-state index is -0.655. The highest BCUT2D eigenvalue weighted by atomic mass is 35.5. The fraction of sp³-hybridized carbons (Fsp3) is 0.400. The molecule has 1 aliphatic rings. The molecule has 0 spiro atoms. The number of hydrogen-bond acceptors (Lipinski definition) is 2. The standard InChI is InChI=1S/C10H12ClNO/c1-10(13)5-7-4-8(11)2-3-9(7)12-6-10/h2-4,12-13H,5-6H2,1H3. The molecule has 13 heavy (non-hydrogen) atoms. The van der Waals surface area contributed by atoms with Crippen molar-refractivity contribution in [3.05, 3.63) is 28.8 Å². The van der Waals surface area contributed by atoms with Crippen molar-refractivity contribution >= 4 is 17.3 Å². The van der Waals surface area contributed by atoms with E-state index in [1.165, 1.54) is 0 Å². The Kier molecular flexibility index (Phi) is 1.97. The molecule has 0 fully saturated rings. The first-order valence-corrected chi connectivity index (χ1v) is 4.69. The average Bonchev–Trinajstić information content (AvgIpc) is 2.01. The summed E-state index contributed by atoms with van der Waals surface area (Å²) >= 11 is 5.86. The van der Waals surface area contributed by atoms with Gasteiger partial charge in [-0.2, -0.15) is 0 Å². The third-order valence-corrected chi connectivity index (χ3v) is 2.53. The van der Waals surface area contributed by atoms with Gasteiger partial charge in [0.15, 0.2) is 0 Å². The van der Waals surface area contributed by atoms with E-state index in [1.807, 2.05) is 25.1 Å². The predicted molar refractivity (Wildman–Crippen MR) is 54.3 cm³/mol. The Morgan fingerprint density at radius 2 is 2.31 bits per heavy atom. The lowest BCUT2D eigenvalue weighted by atomic mass is 9.92. The van der Waals surface area contributed by atoms with Gasteiger partial charge in [0.05, 0.1) is 5.60 Å². The first-order chi connectivity index (χ1) is 6.07. The highest BCUT2D eigenvalue weighted by molar-refractivity contribution is 6.30. The van der Waals surface area contributed by atoms with E-state index in [0.717, 1.165) is 16.3 Å². The van der Waals surface area contributed by atoms with E-state index >= 15 is 0 Å². The summed E-state index contributed by atoms with van der Waals surface area (Å²) in [5, 5.41) is 13.7. The van der Waals surface area contributed by atoms with Crippen LogP contribution in [0.5, 0.6) is 0 Å². The Hall–Kier alpha value is -0.730. The summed E-state index contributed by atoms with van der Waals surface area (Å²) in [4.78, 5) is 0. The summed E-state index contributed by atoms with van der Waals surface area (Å²) in [5.41, 5.74) is 1.51. The van der Waals surface area contributed by atoms with Crippen molar-refractivity contribution in [3.63, 3.8) is 0 Å². The molecule has 3 heteroatoms. The van der Waals surface area contributed by atoms with Gasteiger partial charge in [0.1, 0.15) is 0 Å². The zero-order valence-electron chi connectivity index (χ0n) is 7.47. The Balaban J connectivity index is 2.38. The third-order valence-electron chi connectivity index (χ3n) is 2.30. The van der Waals surface area contributed by atoms with Gasteiger partial charge in [0.25, 0.3) is 0 Å². The molecule has 0 aliphatic carbocycles. The number of anilines is 1. The molecular weight excluding hydrogens is 186 g/mol. The zero-order chi connectivity index (χ0) is 9.47. The van der Waals surface area contributed by atoms with Crippen molar-refractivity contribution in [3.8, 4) is 0 Å². The maximum atomic E-state index is 9.81. The highest BCUT2D eigenvalue weighted by Gasteiger charge is 2.26. The molecule has 1 aromatic rings. The summed E-state index contributed by atoms with van der Waals surface area (Å²) in [6.07, 6.45) is 0.663. The van der Waals surface area contributed by atoms with Crippen molar-refractivity contribution in [2.45, 2.75) is 18.9 Å². The van der Waals surface area contributed by atoms with Gasteiger partial charge in [0.2, 0.25) is 0 Å². The van der Waals surface area contributed by atoms with Gasteiger partial charge in [-0.1, -0.05) is 11.6 Å². The molecule has 1 aliphatic heterocycles. The predicted octanol–water partition coefficient (Wildman–Crippen LogP) is 2.06. The van der Waals surface area contributed by atoms with E-state index in [2.05, 4.69) is 5.32 Å². The SMILES string of the molecule is CC1(O)CNc2ccc(Cl)cc2C1. The molecule has 70 valence electrons. The summed E-state index contributed by atoms with van der Waals surface area (Å²) in [7, 11) is 0. The highest BCUT2D eigenvalue weighted by Crippen LogP contribution is 2.28. The molecule has 1 aromatic carbocycles. The van der Waals surface area contributed by atoms with Crippen molar-refractivity contribution in [1.29, 1.82) is 0 Å². The maximum absolute atomic E-state index is 9.81. The summed E-state index contributed by atoms with van der Waals surface area (Å²) in [5.74, 6) is 0.